The molecule has 0 saturated heterocycles. The second-order valence-corrected chi connectivity index (χ2v) is 5.47. The molecule has 0 fully saturated rings. The molecule has 1 N–H and O–H groups in total. The third-order valence-corrected chi connectivity index (χ3v) is 3.61. The van der Waals surface area contributed by atoms with Gasteiger partial charge in [0.15, 0.2) is 6.10 Å². The summed E-state index contributed by atoms with van der Waals surface area (Å²) in [6.07, 6.45) is -0.242. The van der Waals surface area contributed by atoms with Crippen LogP contribution in [0.5, 0.6) is 5.75 Å². The fourth-order valence-corrected chi connectivity index (χ4v) is 2.49. The topological polar surface area (TPSA) is 38.3 Å². The number of rotatable bonds is 2. The molecular formula is C16H13ClFNO2. The maximum Gasteiger partial charge on any atom is 0.265 e. The van der Waals surface area contributed by atoms with Gasteiger partial charge in [0.25, 0.3) is 5.91 Å². The summed E-state index contributed by atoms with van der Waals surface area (Å²) in [6, 6.07) is 9.87. The Kier molecular flexibility index (Phi) is 3.55. The molecule has 0 aliphatic carbocycles. The number of aryl methyl sites for hydroxylation is 1. The molecule has 1 heterocycles. The van der Waals surface area contributed by atoms with Crippen LogP contribution in [-0.4, -0.2) is 12.0 Å². The molecule has 2 aromatic carbocycles. The third kappa shape index (κ3) is 2.85. The van der Waals surface area contributed by atoms with Crippen molar-refractivity contribution < 1.29 is 13.9 Å². The fraction of sp³-hybridized carbons (Fsp3) is 0.188. The Bertz CT molecular complexity index is 717. The monoisotopic (exact) mass is 305 g/mol. The van der Waals surface area contributed by atoms with Gasteiger partial charge < -0.3 is 10.1 Å². The highest BCUT2D eigenvalue weighted by atomic mass is 35.5. The minimum atomic E-state index is -0.667. The van der Waals surface area contributed by atoms with Crippen molar-refractivity contribution in [3.05, 3.63) is 58.4 Å². The lowest BCUT2D eigenvalue weighted by atomic mass is 10.1. The van der Waals surface area contributed by atoms with E-state index in [1.807, 2.05) is 0 Å². The first-order valence-corrected chi connectivity index (χ1v) is 6.93. The third-order valence-electron chi connectivity index (χ3n) is 3.37. The molecule has 5 heteroatoms. The SMILES string of the molecule is Cc1ccc(NC(=O)[C@H]2Cc3cc(Cl)ccc3O2)c(F)c1. The summed E-state index contributed by atoms with van der Waals surface area (Å²) in [7, 11) is 0. The summed E-state index contributed by atoms with van der Waals surface area (Å²) in [5.41, 5.74) is 1.83. The number of fused-ring (bicyclic) bond motifs is 1. The lowest BCUT2D eigenvalue weighted by Gasteiger charge is -2.12. The Morgan fingerprint density at radius 2 is 2.14 bits per heavy atom. The van der Waals surface area contributed by atoms with E-state index >= 15 is 0 Å². The number of anilines is 1. The van der Waals surface area contributed by atoms with Gasteiger partial charge in [-0.25, -0.2) is 4.39 Å². The summed E-state index contributed by atoms with van der Waals surface area (Å²) in [4.78, 5) is 12.2. The van der Waals surface area contributed by atoms with Crippen molar-refractivity contribution in [3.63, 3.8) is 0 Å². The number of carbonyl (C=O) groups excluding carboxylic acids is 1. The van der Waals surface area contributed by atoms with Crippen molar-refractivity contribution in [3.8, 4) is 5.75 Å². The highest BCUT2D eigenvalue weighted by molar-refractivity contribution is 6.30. The Hall–Kier alpha value is -2.07. The number of halogens is 2. The number of ether oxygens (including phenoxy) is 1. The van der Waals surface area contributed by atoms with Gasteiger partial charge in [-0.1, -0.05) is 17.7 Å². The number of hydrogen-bond acceptors (Lipinski definition) is 2. The van der Waals surface area contributed by atoms with Crippen LogP contribution in [0.3, 0.4) is 0 Å². The molecule has 108 valence electrons. The summed E-state index contributed by atoms with van der Waals surface area (Å²) < 4.78 is 19.3. The summed E-state index contributed by atoms with van der Waals surface area (Å²) in [5, 5.41) is 3.16. The molecule has 0 radical (unpaired) electrons. The van der Waals surface area contributed by atoms with E-state index in [1.54, 1.807) is 37.3 Å². The maximum atomic E-state index is 13.7. The molecule has 0 aromatic heterocycles. The van der Waals surface area contributed by atoms with Crippen LogP contribution in [0.4, 0.5) is 10.1 Å². The summed E-state index contributed by atoms with van der Waals surface area (Å²) in [5.74, 6) is -0.184. The molecule has 0 unspecified atom stereocenters. The fourth-order valence-electron chi connectivity index (χ4n) is 2.30. The van der Waals surface area contributed by atoms with E-state index in [9.17, 15) is 9.18 Å². The Morgan fingerprint density at radius 1 is 1.33 bits per heavy atom. The van der Waals surface area contributed by atoms with Gasteiger partial charge in [-0.3, -0.25) is 4.79 Å². The molecule has 0 saturated carbocycles. The second kappa shape index (κ2) is 5.37. The Morgan fingerprint density at radius 3 is 2.90 bits per heavy atom. The molecule has 0 spiro atoms. The molecular weight excluding hydrogens is 293 g/mol. The van der Waals surface area contributed by atoms with Crippen molar-refractivity contribution in [1.29, 1.82) is 0 Å². The maximum absolute atomic E-state index is 13.7. The van der Waals surface area contributed by atoms with Crippen molar-refractivity contribution in [2.24, 2.45) is 0 Å². The normalized spacial score (nSPS) is 16.2. The molecule has 0 bridgehead atoms. The van der Waals surface area contributed by atoms with E-state index in [1.165, 1.54) is 6.07 Å². The van der Waals surface area contributed by atoms with Gasteiger partial charge in [-0.15, -0.1) is 0 Å². The lowest BCUT2D eigenvalue weighted by molar-refractivity contribution is -0.122. The van der Waals surface area contributed by atoms with Gasteiger partial charge >= 0.3 is 0 Å². The van der Waals surface area contributed by atoms with Gasteiger partial charge in [0, 0.05) is 11.4 Å². The number of carbonyl (C=O) groups is 1. The zero-order valence-corrected chi connectivity index (χ0v) is 12.1. The van der Waals surface area contributed by atoms with Gasteiger partial charge in [-0.2, -0.15) is 0 Å². The second-order valence-electron chi connectivity index (χ2n) is 5.04. The predicted octanol–water partition coefficient (Wildman–Crippen LogP) is 3.73. The zero-order chi connectivity index (χ0) is 15.0. The Labute approximate surface area is 126 Å². The number of nitrogens with one attached hydrogen (secondary N) is 1. The van der Waals surface area contributed by atoms with Gasteiger partial charge in [0.1, 0.15) is 11.6 Å². The minimum absolute atomic E-state index is 0.156. The first-order chi connectivity index (χ1) is 10.0. The van der Waals surface area contributed by atoms with Crippen LogP contribution >= 0.6 is 11.6 Å². The van der Waals surface area contributed by atoms with E-state index in [4.69, 9.17) is 16.3 Å². The molecule has 21 heavy (non-hydrogen) atoms. The van der Waals surface area contributed by atoms with Crippen LogP contribution in [-0.2, 0) is 11.2 Å². The van der Waals surface area contributed by atoms with E-state index in [0.29, 0.717) is 17.2 Å². The molecule has 1 aliphatic rings. The van der Waals surface area contributed by atoms with Crippen molar-refractivity contribution in [1.82, 2.24) is 0 Å². The van der Waals surface area contributed by atoms with Crippen LogP contribution in [0.25, 0.3) is 0 Å². The van der Waals surface area contributed by atoms with Crippen molar-refractivity contribution >= 4 is 23.2 Å². The average Bonchev–Trinajstić information content (AvgIpc) is 2.85. The van der Waals surface area contributed by atoms with Crippen molar-refractivity contribution in [2.75, 3.05) is 5.32 Å². The first kappa shape index (κ1) is 13.9. The minimum Gasteiger partial charge on any atom is -0.480 e. The van der Waals surface area contributed by atoms with Crippen molar-refractivity contribution in [2.45, 2.75) is 19.4 Å². The number of benzene rings is 2. The largest absolute Gasteiger partial charge is 0.480 e. The van der Waals surface area contributed by atoms with Crippen LogP contribution in [0.1, 0.15) is 11.1 Å². The highest BCUT2D eigenvalue weighted by Crippen LogP contribution is 2.31. The van der Waals surface area contributed by atoms with Crippen LogP contribution in [0.2, 0.25) is 5.02 Å². The Balaban J connectivity index is 1.73. The smallest absolute Gasteiger partial charge is 0.265 e. The van der Waals surface area contributed by atoms with Gasteiger partial charge in [0.2, 0.25) is 0 Å². The lowest BCUT2D eigenvalue weighted by Crippen LogP contribution is -2.31. The van der Waals surface area contributed by atoms with E-state index in [2.05, 4.69) is 5.32 Å². The highest BCUT2D eigenvalue weighted by Gasteiger charge is 2.29. The van der Waals surface area contributed by atoms with Crippen LogP contribution in [0, 0.1) is 12.7 Å². The number of amides is 1. The molecule has 1 atom stereocenters. The van der Waals surface area contributed by atoms with E-state index in [-0.39, 0.29) is 11.6 Å². The molecule has 3 nitrogen and oxygen atoms in total. The quantitative estimate of drug-likeness (QED) is 0.918. The molecule has 3 rings (SSSR count). The standard InChI is InChI=1S/C16H13ClFNO2/c1-9-2-4-13(12(18)6-9)19-16(20)15-8-10-7-11(17)3-5-14(10)21-15/h2-7,15H,8H2,1H3,(H,19,20)/t15-/m1/s1. The average molecular weight is 306 g/mol. The molecule has 1 amide bonds. The van der Waals surface area contributed by atoms with Crippen LogP contribution < -0.4 is 10.1 Å². The summed E-state index contributed by atoms with van der Waals surface area (Å²) in [6.45, 7) is 1.79. The van der Waals surface area contributed by atoms with Gasteiger partial charge in [0.05, 0.1) is 5.69 Å². The molecule has 1 aliphatic heterocycles. The molecule has 2 aromatic rings. The predicted molar refractivity (Wildman–Crippen MR) is 79.3 cm³/mol. The van der Waals surface area contributed by atoms with Gasteiger partial charge in [-0.05, 0) is 48.4 Å². The first-order valence-electron chi connectivity index (χ1n) is 6.55. The van der Waals surface area contributed by atoms with E-state index < -0.39 is 11.9 Å². The summed E-state index contributed by atoms with van der Waals surface area (Å²) >= 11 is 5.91. The van der Waals surface area contributed by atoms with Crippen LogP contribution in [0.15, 0.2) is 36.4 Å². The number of hydrogen-bond donors (Lipinski definition) is 1. The zero-order valence-electron chi connectivity index (χ0n) is 11.3. The van der Waals surface area contributed by atoms with E-state index in [0.717, 1.165) is 11.1 Å².